The van der Waals surface area contributed by atoms with Gasteiger partial charge in [-0.15, -0.1) is 11.3 Å². The minimum Gasteiger partial charge on any atom is -0.244 e. The Kier molecular flexibility index (Phi) is 5.71. The molecule has 7 aromatic carbocycles. The molecule has 0 bridgehead atoms. The summed E-state index contributed by atoms with van der Waals surface area (Å²) in [6, 6.07) is 51.0. The summed E-state index contributed by atoms with van der Waals surface area (Å²) in [5.41, 5.74) is 3.59. The summed E-state index contributed by atoms with van der Waals surface area (Å²) >= 11 is 1.81. The first kappa shape index (κ1) is 26.2. The van der Waals surface area contributed by atoms with Crippen LogP contribution in [-0.2, 0) is 0 Å². The molecule has 10 aromatic rings. The van der Waals surface area contributed by atoms with Gasteiger partial charge in [0, 0.05) is 42.1 Å². The number of hydrogen-bond donors (Lipinski definition) is 0. The van der Waals surface area contributed by atoms with Gasteiger partial charge in [0.15, 0.2) is 17.5 Å². The van der Waals surface area contributed by atoms with Gasteiger partial charge in [-0.25, -0.2) is 19.9 Å². The van der Waals surface area contributed by atoms with Crippen molar-refractivity contribution in [2.75, 3.05) is 0 Å². The Hall–Kier alpha value is -6.04. The molecule has 3 aromatic heterocycles. The fraction of sp³-hybridized carbons (Fsp3) is 0. The Morgan fingerprint density at radius 1 is 0.340 bits per heavy atom. The second kappa shape index (κ2) is 10.2. The zero-order valence-corrected chi connectivity index (χ0v) is 25.9. The van der Waals surface area contributed by atoms with Gasteiger partial charge in [-0.1, -0.05) is 121 Å². The lowest BCUT2D eigenvalue weighted by atomic mass is 10.00. The highest BCUT2D eigenvalue weighted by Gasteiger charge is 2.20. The van der Waals surface area contributed by atoms with E-state index >= 15 is 0 Å². The van der Waals surface area contributed by atoms with E-state index in [1.807, 2.05) is 17.4 Å². The predicted molar refractivity (Wildman–Crippen MR) is 197 cm³/mol. The summed E-state index contributed by atoms with van der Waals surface area (Å²) in [5.74, 6) is 1.81. The average molecular weight is 617 g/mol. The van der Waals surface area contributed by atoms with Crippen molar-refractivity contribution in [3.8, 4) is 34.3 Å². The molecule has 0 aliphatic rings. The Morgan fingerprint density at radius 3 is 1.60 bits per heavy atom. The van der Waals surface area contributed by atoms with Crippen molar-refractivity contribution >= 4 is 74.7 Å². The van der Waals surface area contributed by atoms with E-state index in [2.05, 4.69) is 140 Å². The quantitative estimate of drug-likeness (QED) is 0.185. The van der Waals surface area contributed by atoms with Crippen molar-refractivity contribution in [1.82, 2.24) is 19.9 Å². The molecule has 4 nitrogen and oxygen atoms in total. The highest BCUT2D eigenvalue weighted by Crippen LogP contribution is 2.41. The van der Waals surface area contributed by atoms with Gasteiger partial charge in [-0.3, -0.25) is 0 Å². The summed E-state index contributed by atoms with van der Waals surface area (Å²) in [7, 11) is 0. The molecule has 0 N–H and O–H groups in total. The van der Waals surface area contributed by atoms with Crippen molar-refractivity contribution in [2.45, 2.75) is 0 Å². The minimum absolute atomic E-state index is 0.557. The normalized spacial score (nSPS) is 11.8. The molecule has 0 saturated heterocycles. The number of thiophene rings is 1. The van der Waals surface area contributed by atoms with Gasteiger partial charge < -0.3 is 0 Å². The molecule has 0 radical (unpaired) electrons. The Balaban J connectivity index is 1.33. The van der Waals surface area contributed by atoms with Crippen LogP contribution in [0.15, 0.2) is 146 Å². The van der Waals surface area contributed by atoms with E-state index in [9.17, 15) is 0 Å². The predicted octanol–water partition coefficient (Wildman–Crippen LogP) is 11.2. The maximum Gasteiger partial charge on any atom is 0.183 e. The number of hydrogen-bond acceptors (Lipinski definition) is 5. The van der Waals surface area contributed by atoms with Crippen LogP contribution in [0.25, 0.3) is 97.7 Å². The standard InChI is InChI=1S/C42H24N4S/c1-3-15-27-25(11-1)13-9-19-31(27)40-44-41(32-20-10-14-26-12-2-4-16-28(26)32)46-42(45-40)39-35-24-38-34(30-18-6-8-22-37(30)47-38)23-33(35)29-17-5-7-21-36(29)43-39/h1-24H. The van der Waals surface area contributed by atoms with Gasteiger partial charge in [-0.05, 0) is 51.2 Å². The van der Waals surface area contributed by atoms with E-state index in [-0.39, 0.29) is 0 Å². The van der Waals surface area contributed by atoms with Crippen LogP contribution in [-0.4, -0.2) is 19.9 Å². The molecule has 0 spiro atoms. The van der Waals surface area contributed by atoms with Crippen LogP contribution < -0.4 is 0 Å². The maximum absolute atomic E-state index is 5.28. The number of rotatable bonds is 3. The highest BCUT2D eigenvalue weighted by molar-refractivity contribution is 7.25. The number of nitrogens with zero attached hydrogens (tertiary/aromatic N) is 4. The molecule has 0 saturated carbocycles. The molecule has 3 heterocycles. The molecule has 47 heavy (non-hydrogen) atoms. The summed E-state index contributed by atoms with van der Waals surface area (Å²) in [6.07, 6.45) is 0. The van der Waals surface area contributed by atoms with Crippen molar-refractivity contribution in [3.05, 3.63) is 146 Å². The van der Waals surface area contributed by atoms with E-state index in [1.165, 1.54) is 20.2 Å². The third kappa shape index (κ3) is 4.14. The molecule has 0 unspecified atom stereocenters. The van der Waals surface area contributed by atoms with Gasteiger partial charge in [0.05, 0.1) is 5.52 Å². The van der Waals surface area contributed by atoms with E-state index in [4.69, 9.17) is 19.9 Å². The van der Waals surface area contributed by atoms with E-state index in [0.717, 1.165) is 60.0 Å². The van der Waals surface area contributed by atoms with Crippen LogP contribution in [0.2, 0.25) is 0 Å². The zero-order valence-electron chi connectivity index (χ0n) is 25.1. The molecule has 0 aliphatic heterocycles. The molecule has 0 aliphatic carbocycles. The van der Waals surface area contributed by atoms with Crippen LogP contribution in [0.1, 0.15) is 0 Å². The molecule has 0 amide bonds. The number of para-hydroxylation sites is 1. The molecule has 0 fully saturated rings. The van der Waals surface area contributed by atoms with Crippen molar-refractivity contribution in [1.29, 1.82) is 0 Å². The molecular weight excluding hydrogens is 593 g/mol. The fourth-order valence-electron chi connectivity index (χ4n) is 6.90. The highest BCUT2D eigenvalue weighted by atomic mass is 32.1. The Bertz CT molecular complexity index is 2760. The van der Waals surface area contributed by atoms with Gasteiger partial charge in [0.25, 0.3) is 0 Å². The molecule has 0 atom stereocenters. The van der Waals surface area contributed by atoms with Crippen LogP contribution in [0.3, 0.4) is 0 Å². The molecule has 10 rings (SSSR count). The smallest absolute Gasteiger partial charge is 0.183 e. The zero-order chi connectivity index (χ0) is 30.9. The first-order valence-electron chi connectivity index (χ1n) is 15.6. The monoisotopic (exact) mass is 616 g/mol. The Morgan fingerprint density at radius 2 is 0.894 bits per heavy atom. The van der Waals surface area contributed by atoms with Crippen molar-refractivity contribution in [2.24, 2.45) is 0 Å². The number of benzene rings is 7. The van der Waals surface area contributed by atoms with E-state index < -0.39 is 0 Å². The van der Waals surface area contributed by atoms with Crippen LogP contribution in [0, 0.1) is 0 Å². The van der Waals surface area contributed by atoms with Crippen molar-refractivity contribution in [3.63, 3.8) is 0 Å². The van der Waals surface area contributed by atoms with Crippen LogP contribution in [0.4, 0.5) is 0 Å². The average Bonchev–Trinajstić information content (AvgIpc) is 3.50. The second-order valence-electron chi connectivity index (χ2n) is 11.8. The second-order valence-corrected chi connectivity index (χ2v) is 12.9. The van der Waals surface area contributed by atoms with Crippen LogP contribution >= 0.6 is 11.3 Å². The number of fused-ring (bicyclic) bond motifs is 8. The summed E-state index contributed by atoms with van der Waals surface area (Å²) in [4.78, 5) is 20.9. The Labute approximate surface area is 273 Å². The summed E-state index contributed by atoms with van der Waals surface area (Å²) < 4.78 is 2.49. The van der Waals surface area contributed by atoms with Gasteiger partial charge in [0.2, 0.25) is 0 Å². The molecular formula is C42H24N4S. The lowest BCUT2D eigenvalue weighted by Crippen LogP contribution is -2.02. The maximum atomic E-state index is 5.28. The third-order valence-corrected chi connectivity index (χ3v) is 10.2. The molecule has 5 heteroatoms. The van der Waals surface area contributed by atoms with Gasteiger partial charge >= 0.3 is 0 Å². The largest absolute Gasteiger partial charge is 0.244 e. The lowest BCUT2D eigenvalue weighted by molar-refractivity contribution is 1.07. The van der Waals surface area contributed by atoms with Crippen LogP contribution in [0.5, 0.6) is 0 Å². The summed E-state index contributed by atoms with van der Waals surface area (Å²) in [5, 5.41) is 10.3. The first-order valence-corrected chi connectivity index (χ1v) is 16.5. The van der Waals surface area contributed by atoms with Gasteiger partial charge in [-0.2, -0.15) is 0 Å². The molecule has 218 valence electrons. The van der Waals surface area contributed by atoms with Gasteiger partial charge in [0.1, 0.15) is 5.69 Å². The number of pyridine rings is 1. The third-order valence-electron chi connectivity index (χ3n) is 9.11. The van der Waals surface area contributed by atoms with E-state index in [1.54, 1.807) is 0 Å². The van der Waals surface area contributed by atoms with E-state index in [0.29, 0.717) is 17.5 Å². The first-order chi connectivity index (χ1) is 23.3. The lowest BCUT2D eigenvalue weighted by Gasteiger charge is -2.13. The minimum atomic E-state index is 0.557. The van der Waals surface area contributed by atoms with Crippen molar-refractivity contribution < 1.29 is 0 Å². The SMILES string of the molecule is c1ccc2c(-c3nc(-c4cccc5ccccc45)nc(-c4nc5ccccc5c5cc6c(cc45)sc4ccccc46)n3)cccc2c1. The fourth-order valence-corrected chi connectivity index (χ4v) is 8.03. The number of aromatic nitrogens is 4. The topological polar surface area (TPSA) is 51.6 Å². The summed E-state index contributed by atoms with van der Waals surface area (Å²) in [6.45, 7) is 0.